The molecule has 102 valence electrons. The van der Waals surface area contributed by atoms with Crippen molar-refractivity contribution in [2.24, 2.45) is 0 Å². The van der Waals surface area contributed by atoms with Gasteiger partial charge in [-0.3, -0.25) is 0 Å². The van der Waals surface area contributed by atoms with Gasteiger partial charge in [0.05, 0.1) is 12.2 Å². The molecule has 6 heteroatoms. The van der Waals surface area contributed by atoms with Crippen LogP contribution < -0.4 is 10.1 Å². The van der Waals surface area contributed by atoms with E-state index in [1.165, 1.54) is 13.0 Å². The van der Waals surface area contributed by atoms with E-state index < -0.39 is 12.2 Å². The van der Waals surface area contributed by atoms with Crippen LogP contribution in [0.2, 0.25) is 0 Å². The fourth-order valence-corrected chi connectivity index (χ4v) is 1.38. The Morgan fingerprint density at radius 2 is 2.06 bits per heavy atom. The summed E-state index contributed by atoms with van der Waals surface area (Å²) in [4.78, 5) is 0. The van der Waals surface area contributed by atoms with Gasteiger partial charge >= 0.3 is 6.61 Å². The summed E-state index contributed by atoms with van der Waals surface area (Å²) in [5.74, 6) is 0.101. The van der Waals surface area contributed by atoms with E-state index in [1.807, 2.05) is 0 Å². The van der Waals surface area contributed by atoms with Crippen molar-refractivity contribution in [3.05, 3.63) is 29.8 Å². The first-order valence-corrected chi connectivity index (χ1v) is 5.51. The fourth-order valence-electron chi connectivity index (χ4n) is 1.38. The molecule has 0 radical (unpaired) electrons. The molecule has 18 heavy (non-hydrogen) atoms. The number of aliphatic hydroxyl groups excluding tert-OH is 1. The minimum absolute atomic E-state index is 0.101. The number of ether oxygens (including phenoxy) is 1. The van der Waals surface area contributed by atoms with Crippen LogP contribution >= 0.6 is 0 Å². The van der Waals surface area contributed by atoms with Gasteiger partial charge in [-0.1, -0.05) is 18.2 Å². The first-order chi connectivity index (χ1) is 8.44. The van der Waals surface area contributed by atoms with Crippen LogP contribution in [0.5, 0.6) is 5.75 Å². The second-order valence-electron chi connectivity index (χ2n) is 4.24. The molecule has 3 N–H and O–H groups in total. The molecule has 0 amide bonds. The van der Waals surface area contributed by atoms with Crippen molar-refractivity contribution >= 4 is 0 Å². The zero-order valence-corrected chi connectivity index (χ0v) is 10.1. The molecule has 0 aliphatic heterocycles. The van der Waals surface area contributed by atoms with E-state index in [4.69, 9.17) is 5.11 Å². The largest absolute Gasteiger partial charge is 0.434 e. The summed E-state index contributed by atoms with van der Waals surface area (Å²) in [5.41, 5.74) is -0.676. The van der Waals surface area contributed by atoms with Crippen LogP contribution in [0.1, 0.15) is 12.5 Å². The molecular weight excluding hydrogens is 244 g/mol. The van der Waals surface area contributed by atoms with Gasteiger partial charge < -0.3 is 20.3 Å². The van der Waals surface area contributed by atoms with Crippen molar-refractivity contribution in [1.82, 2.24) is 5.32 Å². The normalized spacial score (nSPS) is 14.6. The topological polar surface area (TPSA) is 61.7 Å². The number of rotatable bonds is 7. The Labute approximate surface area is 104 Å². The molecule has 0 bridgehead atoms. The molecule has 0 heterocycles. The van der Waals surface area contributed by atoms with Gasteiger partial charge in [0.2, 0.25) is 0 Å². The highest BCUT2D eigenvalue weighted by Crippen LogP contribution is 2.20. The highest BCUT2D eigenvalue weighted by atomic mass is 19.3. The second kappa shape index (κ2) is 6.63. The second-order valence-corrected chi connectivity index (χ2v) is 4.24. The number of aliphatic hydroxyl groups is 2. The van der Waals surface area contributed by atoms with Gasteiger partial charge in [0, 0.05) is 18.7 Å². The Morgan fingerprint density at radius 1 is 1.39 bits per heavy atom. The number of benzene rings is 1. The Balaban J connectivity index is 2.56. The van der Waals surface area contributed by atoms with Crippen molar-refractivity contribution in [3.63, 3.8) is 0 Å². The minimum Gasteiger partial charge on any atom is -0.434 e. The number of para-hydroxylation sites is 1. The van der Waals surface area contributed by atoms with Crippen molar-refractivity contribution in [2.45, 2.75) is 25.7 Å². The lowest BCUT2D eigenvalue weighted by atomic mass is 10.1. The van der Waals surface area contributed by atoms with Crippen molar-refractivity contribution in [2.75, 3.05) is 13.2 Å². The maximum Gasteiger partial charge on any atom is 0.387 e. The smallest absolute Gasteiger partial charge is 0.387 e. The molecule has 1 aromatic rings. The fraction of sp³-hybridized carbons (Fsp3) is 0.500. The summed E-state index contributed by atoms with van der Waals surface area (Å²) in [6, 6.07) is 6.41. The van der Waals surface area contributed by atoms with Crippen LogP contribution in [0.4, 0.5) is 8.78 Å². The average Bonchev–Trinajstić information content (AvgIpc) is 2.30. The lowest BCUT2D eigenvalue weighted by molar-refractivity contribution is -0.0506. The number of alkyl halides is 2. The standard InChI is InChI=1S/C12H17F2NO3/c1-12(17,8-16)7-15-6-9-4-2-3-5-10(9)18-11(13)14/h2-5,11,15-17H,6-8H2,1H3. The summed E-state index contributed by atoms with van der Waals surface area (Å²) >= 11 is 0. The first kappa shape index (κ1) is 14.8. The lowest BCUT2D eigenvalue weighted by Crippen LogP contribution is -2.40. The monoisotopic (exact) mass is 261 g/mol. The lowest BCUT2D eigenvalue weighted by Gasteiger charge is -2.21. The summed E-state index contributed by atoms with van der Waals surface area (Å²) in [6.45, 7) is -1.37. The maximum absolute atomic E-state index is 12.2. The van der Waals surface area contributed by atoms with Crippen LogP contribution in [-0.4, -0.2) is 35.6 Å². The van der Waals surface area contributed by atoms with E-state index in [1.54, 1.807) is 18.2 Å². The van der Waals surface area contributed by atoms with Gasteiger partial charge in [-0.05, 0) is 13.0 Å². The van der Waals surface area contributed by atoms with Gasteiger partial charge in [0.25, 0.3) is 0 Å². The Kier molecular flexibility index (Phi) is 5.46. The van der Waals surface area contributed by atoms with E-state index in [0.717, 1.165) is 0 Å². The predicted molar refractivity (Wildman–Crippen MR) is 62.5 cm³/mol. The molecule has 1 atom stereocenters. The molecular formula is C12H17F2NO3. The molecule has 0 spiro atoms. The van der Waals surface area contributed by atoms with Crippen molar-refractivity contribution in [3.8, 4) is 5.75 Å². The zero-order chi connectivity index (χ0) is 13.6. The number of hydrogen-bond donors (Lipinski definition) is 3. The summed E-state index contributed by atoms with van der Waals surface area (Å²) in [6.07, 6.45) is 0. The summed E-state index contributed by atoms with van der Waals surface area (Å²) < 4.78 is 28.7. The van der Waals surface area contributed by atoms with Gasteiger partial charge in [-0.25, -0.2) is 0 Å². The number of hydrogen-bond acceptors (Lipinski definition) is 4. The molecule has 1 rings (SSSR count). The Bertz CT molecular complexity index is 372. The SMILES string of the molecule is CC(O)(CO)CNCc1ccccc1OC(F)F. The zero-order valence-electron chi connectivity index (χ0n) is 10.1. The third-order valence-electron chi connectivity index (χ3n) is 2.35. The Hall–Kier alpha value is -1.24. The van der Waals surface area contributed by atoms with Crippen molar-refractivity contribution < 1.29 is 23.7 Å². The van der Waals surface area contributed by atoms with Crippen LogP contribution in [0.3, 0.4) is 0 Å². The third kappa shape index (κ3) is 4.95. The molecule has 4 nitrogen and oxygen atoms in total. The highest BCUT2D eigenvalue weighted by molar-refractivity contribution is 5.33. The van der Waals surface area contributed by atoms with Crippen LogP contribution in [0.15, 0.2) is 24.3 Å². The quantitative estimate of drug-likeness (QED) is 0.688. The molecule has 0 fully saturated rings. The van der Waals surface area contributed by atoms with Crippen molar-refractivity contribution in [1.29, 1.82) is 0 Å². The van der Waals surface area contributed by atoms with Crippen LogP contribution in [-0.2, 0) is 6.54 Å². The molecule has 0 aliphatic rings. The van der Waals surface area contributed by atoms with Gasteiger partial charge in [-0.2, -0.15) is 8.78 Å². The molecule has 0 saturated carbocycles. The van der Waals surface area contributed by atoms with E-state index in [0.29, 0.717) is 5.56 Å². The minimum atomic E-state index is -2.87. The summed E-state index contributed by atoms with van der Waals surface area (Å²) in [7, 11) is 0. The maximum atomic E-state index is 12.2. The number of halogens is 2. The average molecular weight is 261 g/mol. The molecule has 1 unspecified atom stereocenters. The van der Waals surface area contributed by atoms with Crippen LogP contribution in [0.25, 0.3) is 0 Å². The van der Waals surface area contributed by atoms with E-state index in [2.05, 4.69) is 10.1 Å². The highest BCUT2D eigenvalue weighted by Gasteiger charge is 2.18. The first-order valence-electron chi connectivity index (χ1n) is 5.51. The Morgan fingerprint density at radius 3 is 2.67 bits per heavy atom. The van der Waals surface area contributed by atoms with Crippen LogP contribution in [0, 0.1) is 0 Å². The molecule has 1 aromatic carbocycles. The summed E-state index contributed by atoms with van der Waals surface area (Å²) in [5, 5.41) is 21.3. The third-order valence-corrected chi connectivity index (χ3v) is 2.35. The van der Waals surface area contributed by atoms with Gasteiger partial charge in [-0.15, -0.1) is 0 Å². The molecule has 0 aromatic heterocycles. The van der Waals surface area contributed by atoms with Gasteiger partial charge in [0.1, 0.15) is 5.75 Å². The molecule has 0 aliphatic carbocycles. The van der Waals surface area contributed by atoms with E-state index in [-0.39, 0.29) is 25.4 Å². The van der Waals surface area contributed by atoms with E-state index >= 15 is 0 Å². The van der Waals surface area contributed by atoms with Gasteiger partial charge in [0.15, 0.2) is 0 Å². The predicted octanol–water partition coefficient (Wildman–Crippen LogP) is 1.12. The number of nitrogens with one attached hydrogen (secondary N) is 1. The molecule has 0 saturated heterocycles. The van der Waals surface area contributed by atoms with E-state index in [9.17, 15) is 13.9 Å².